The van der Waals surface area contributed by atoms with Crippen LogP contribution in [-0.4, -0.2) is 89.1 Å². The van der Waals surface area contributed by atoms with Crippen LogP contribution in [0.4, 0.5) is 13.2 Å². The maximum absolute atomic E-state index is 14.1. The third kappa shape index (κ3) is 8.68. The summed E-state index contributed by atoms with van der Waals surface area (Å²) in [6.07, 6.45) is 6.91. The molecule has 0 unspecified atom stereocenters. The largest absolute Gasteiger partial charge is 0.416 e. The van der Waals surface area contributed by atoms with Crippen LogP contribution in [0, 0.1) is 5.92 Å². The van der Waals surface area contributed by atoms with Gasteiger partial charge in [-0.15, -0.1) is 0 Å². The highest BCUT2D eigenvalue weighted by molar-refractivity contribution is 7.88. The lowest BCUT2D eigenvalue weighted by Crippen LogP contribution is -2.45. The monoisotopic (exact) mass is 706 g/mol. The number of rotatable bonds is 11. The van der Waals surface area contributed by atoms with Crippen molar-refractivity contribution in [1.82, 2.24) is 29.2 Å². The molecule has 0 radical (unpaired) electrons. The first kappa shape index (κ1) is 35.8. The number of piperidine rings is 1. The molecule has 3 aliphatic heterocycles. The number of nitrogens with one attached hydrogen (secondary N) is 1. The van der Waals surface area contributed by atoms with E-state index in [1.54, 1.807) is 0 Å². The van der Waals surface area contributed by atoms with E-state index in [4.69, 9.17) is 5.10 Å². The number of carbonyl (C=O) groups is 2. The van der Waals surface area contributed by atoms with E-state index in [0.717, 1.165) is 102 Å². The van der Waals surface area contributed by atoms with Gasteiger partial charge in [0.1, 0.15) is 0 Å². The summed E-state index contributed by atoms with van der Waals surface area (Å²) in [5.74, 6) is 0.291. The first-order chi connectivity index (χ1) is 23.4. The molecule has 14 heteroatoms. The van der Waals surface area contributed by atoms with E-state index in [-0.39, 0.29) is 36.4 Å². The van der Waals surface area contributed by atoms with Crippen LogP contribution in [0.15, 0.2) is 18.2 Å². The van der Waals surface area contributed by atoms with Crippen molar-refractivity contribution in [3.63, 3.8) is 0 Å². The van der Waals surface area contributed by atoms with Crippen LogP contribution in [-0.2, 0) is 51.8 Å². The molecule has 0 atom stereocenters. The van der Waals surface area contributed by atoms with Gasteiger partial charge in [-0.05, 0) is 68.7 Å². The maximum atomic E-state index is 14.1. The Bertz CT molecular complexity index is 1610. The van der Waals surface area contributed by atoms with Gasteiger partial charge in [-0.2, -0.15) is 22.6 Å². The van der Waals surface area contributed by atoms with Crippen molar-refractivity contribution in [2.45, 2.75) is 109 Å². The van der Waals surface area contributed by atoms with Crippen LogP contribution in [0.3, 0.4) is 0 Å². The first-order valence-electron chi connectivity index (χ1n) is 17.9. The minimum absolute atomic E-state index is 0.0416. The molecule has 4 heterocycles. The molecule has 1 aromatic heterocycles. The van der Waals surface area contributed by atoms with Gasteiger partial charge in [-0.3, -0.25) is 14.3 Å². The highest BCUT2D eigenvalue weighted by Gasteiger charge is 2.35. The van der Waals surface area contributed by atoms with Crippen LogP contribution in [0.1, 0.15) is 93.0 Å². The Balaban J connectivity index is 1.18. The predicted molar refractivity (Wildman–Crippen MR) is 180 cm³/mol. The second-order valence-electron chi connectivity index (χ2n) is 14.3. The van der Waals surface area contributed by atoms with E-state index < -0.39 is 21.8 Å². The van der Waals surface area contributed by atoms with Crippen molar-refractivity contribution in [3.8, 4) is 11.3 Å². The number of amides is 2. The molecule has 0 bridgehead atoms. The van der Waals surface area contributed by atoms with Crippen molar-refractivity contribution in [2.75, 3.05) is 39.0 Å². The molecular formula is C35H49F3N6O4S. The summed E-state index contributed by atoms with van der Waals surface area (Å²) in [6.45, 7) is 4.31. The normalized spacial score (nSPS) is 20.6. The number of benzene rings is 1. The number of aryl methyl sites for hydroxylation is 1. The standard InChI is InChI=1S/C35H49F3N6O4S/c1-49(47,48)42-20-14-31-29(24-42)34(40-44(31)17-6-15-41-18-12-28(13-19-41)43-16-5-9-33(43)46)26-10-11-30(35(36,37)38)27(22-26)23-39-32(45)21-25-7-3-2-4-8-25/h10-11,22,25,28H,2-9,12-21,23-24H2,1H3,(H,39,45). The van der Waals surface area contributed by atoms with Gasteiger partial charge in [0.15, 0.2) is 0 Å². The summed E-state index contributed by atoms with van der Waals surface area (Å²) >= 11 is 0. The van der Waals surface area contributed by atoms with Crippen molar-refractivity contribution < 1.29 is 31.2 Å². The Morgan fingerprint density at radius 3 is 2.41 bits per heavy atom. The summed E-state index contributed by atoms with van der Waals surface area (Å²) in [5, 5.41) is 7.64. The van der Waals surface area contributed by atoms with Gasteiger partial charge in [-0.25, -0.2) is 8.42 Å². The van der Waals surface area contributed by atoms with Gasteiger partial charge in [0.2, 0.25) is 21.8 Å². The number of carbonyl (C=O) groups excluding carboxylic acids is 2. The molecule has 270 valence electrons. The lowest BCUT2D eigenvalue weighted by atomic mass is 9.87. The Morgan fingerprint density at radius 1 is 0.980 bits per heavy atom. The molecule has 4 aliphatic rings. The van der Waals surface area contributed by atoms with Crippen molar-refractivity contribution >= 4 is 21.8 Å². The molecule has 0 spiro atoms. The van der Waals surface area contributed by atoms with Gasteiger partial charge in [0.25, 0.3) is 0 Å². The second kappa shape index (κ2) is 15.1. The van der Waals surface area contributed by atoms with Crippen LogP contribution in [0.2, 0.25) is 0 Å². The summed E-state index contributed by atoms with van der Waals surface area (Å²) < 4.78 is 70.7. The number of sulfonamides is 1. The molecule has 3 fully saturated rings. The number of hydrogen-bond acceptors (Lipinski definition) is 6. The number of hydrogen-bond donors (Lipinski definition) is 1. The molecular weight excluding hydrogens is 657 g/mol. The summed E-state index contributed by atoms with van der Waals surface area (Å²) in [6, 6.07) is 4.21. The third-order valence-electron chi connectivity index (χ3n) is 10.9. The highest BCUT2D eigenvalue weighted by Crippen LogP contribution is 2.37. The number of alkyl halides is 3. The van der Waals surface area contributed by atoms with Crippen LogP contribution in [0.5, 0.6) is 0 Å². The van der Waals surface area contributed by atoms with Crippen LogP contribution >= 0.6 is 0 Å². The minimum atomic E-state index is -4.60. The molecule has 49 heavy (non-hydrogen) atoms. The van der Waals surface area contributed by atoms with Gasteiger partial charge < -0.3 is 15.1 Å². The minimum Gasteiger partial charge on any atom is -0.352 e. The van der Waals surface area contributed by atoms with Crippen molar-refractivity contribution in [1.29, 1.82) is 0 Å². The zero-order valence-electron chi connectivity index (χ0n) is 28.4. The highest BCUT2D eigenvalue weighted by atomic mass is 32.2. The maximum Gasteiger partial charge on any atom is 0.416 e. The van der Waals surface area contributed by atoms with Gasteiger partial charge in [0, 0.05) is 87.9 Å². The number of aromatic nitrogens is 2. The number of likely N-dealkylation sites (tertiary alicyclic amines) is 2. The second-order valence-corrected chi connectivity index (χ2v) is 16.3. The Kier molecular flexibility index (Phi) is 11.0. The molecule has 10 nitrogen and oxygen atoms in total. The zero-order valence-corrected chi connectivity index (χ0v) is 29.3. The number of fused-ring (bicyclic) bond motifs is 1. The zero-order chi connectivity index (χ0) is 34.8. The predicted octanol–water partition coefficient (Wildman–Crippen LogP) is 4.95. The molecule has 1 aliphatic carbocycles. The van der Waals surface area contributed by atoms with Gasteiger partial charge in [-0.1, -0.05) is 25.3 Å². The molecule has 1 N–H and O–H groups in total. The quantitative estimate of drug-likeness (QED) is 0.355. The molecule has 2 amide bonds. The number of halogens is 3. The van der Waals surface area contributed by atoms with E-state index in [1.807, 2.05) is 9.58 Å². The van der Waals surface area contributed by atoms with E-state index in [1.165, 1.54) is 16.4 Å². The molecule has 1 saturated carbocycles. The fourth-order valence-corrected chi connectivity index (χ4v) is 8.99. The smallest absolute Gasteiger partial charge is 0.352 e. The Labute approximate surface area is 287 Å². The van der Waals surface area contributed by atoms with Crippen LogP contribution < -0.4 is 5.32 Å². The average Bonchev–Trinajstić information content (AvgIpc) is 3.66. The van der Waals surface area contributed by atoms with Crippen molar-refractivity contribution in [2.24, 2.45) is 5.92 Å². The van der Waals surface area contributed by atoms with E-state index in [2.05, 4.69) is 10.2 Å². The van der Waals surface area contributed by atoms with E-state index in [9.17, 15) is 31.2 Å². The van der Waals surface area contributed by atoms with Gasteiger partial charge >= 0.3 is 6.18 Å². The van der Waals surface area contributed by atoms with E-state index in [0.29, 0.717) is 55.2 Å². The number of nitrogens with zero attached hydrogens (tertiary/aromatic N) is 5. The Morgan fingerprint density at radius 2 is 1.73 bits per heavy atom. The SMILES string of the molecule is CS(=O)(=O)N1CCc2c(c(-c3ccc(C(F)(F)F)c(CNC(=O)CC4CCCCC4)c3)nn2CCCN2CCC(N3CCCC3=O)CC2)C1. The summed E-state index contributed by atoms with van der Waals surface area (Å²) in [7, 11) is -3.50. The fraction of sp³-hybridized carbons (Fsp3) is 0.686. The van der Waals surface area contributed by atoms with Crippen LogP contribution in [0.25, 0.3) is 11.3 Å². The topological polar surface area (TPSA) is 108 Å². The lowest BCUT2D eigenvalue weighted by molar-refractivity contribution is -0.138. The summed E-state index contributed by atoms with van der Waals surface area (Å²) in [4.78, 5) is 29.4. The average molecular weight is 707 g/mol. The molecule has 1 aromatic carbocycles. The molecule has 2 aromatic rings. The lowest BCUT2D eigenvalue weighted by Gasteiger charge is -2.36. The molecule has 6 rings (SSSR count). The summed E-state index contributed by atoms with van der Waals surface area (Å²) in [5.41, 5.74) is 1.71. The molecule has 2 saturated heterocycles. The Hall–Kier alpha value is -2.97. The fourth-order valence-electron chi connectivity index (χ4n) is 8.20. The first-order valence-corrected chi connectivity index (χ1v) is 19.7. The third-order valence-corrected chi connectivity index (χ3v) is 12.1. The van der Waals surface area contributed by atoms with Gasteiger partial charge in [0.05, 0.1) is 17.5 Å². The van der Waals surface area contributed by atoms with Crippen molar-refractivity contribution in [3.05, 3.63) is 40.6 Å². The van der Waals surface area contributed by atoms with E-state index >= 15 is 0 Å².